The largest absolute Gasteiger partial charge is 0.396 e. The summed E-state index contributed by atoms with van der Waals surface area (Å²) in [6.45, 7) is 2.39. The molecule has 1 unspecified atom stereocenters. The van der Waals surface area contributed by atoms with E-state index in [9.17, 15) is 4.79 Å². The summed E-state index contributed by atoms with van der Waals surface area (Å²) in [5.41, 5.74) is 0. The first-order valence-electron chi connectivity index (χ1n) is 3.71. The number of carbonyl (C=O) groups is 1. The molecule has 1 amide bonds. The van der Waals surface area contributed by atoms with Crippen molar-refractivity contribution >= 4 is 17.5 Å². The van der Waals surface area contributed by atoms with Gasteiger partial charge in [0.15, 0.2) is 0 Å². The summed E-state index contributed by atoms with van der Waals surface area (Å²) in [6, 6.07) is 0. The van der Waals surface area contributed by atoms with Crippen LogP contribution in [0.2, 0.25) is 0 Å². The summed E-state index contributed by atoms with van der Waals surface area (Å²) in [6.07, 6.45) is 1.52. The molecule has 3 nitrogen and oxygen atoms in total. The highest BCUT2D eigenvalue weighted by atomic mass is 35.5. The molecule has 0 aliphatic heterocycles. The van der Waals surface area contributed by atoms with Crippen LogP contribution in [0, 0.1) is 0 Å². The Kier molecular flexibility index (Phi) is 6.27. The lowest BCUT2D eigenvalue weighted by Gasteiger charge is -2.04. The quantitative estimate of drug-likeness (QED) is 0.477. The summed E-state index contributed by atoms with van der Waals surface area (Å²) in [5, 5.41) is 10.6. The van der Waals surface area contributed by atoms with Crippen LogP contribution in [0.4, 0.5) is 0 Å². The predicted octanol–water partition coefficient (Wildman–Crippen LogP) is 0.502. The average molecular weight is 180 g/mol. The Morgan fingerprint density at radius 1 is 1.64 bits per heavy atom. The lowest BCUT2D eigenvalue weighted by molar-refractivity contribution is -0.120. The molecule has 0 aliphatic carbocycles. The van der Waals surface area contributed by atoms with Crippen LogP contribution in [0.25, 0.3) is 0 Å². The monoisotopic (exact) mass is 179 g/mol. The van der Waals surface area contributed by atoms with E-state index in [1.54, 1.807) is 6.92 Å². The zero-order chi connectivity index (χ0) is 8.69. The van der Waals surface area contributed by atoms with Crippen LogP contribution in [-0.2, 0) is 4.79 Å². The molecule has 4 heteroatoms. The SMILES string of the molecule is CC(Cl)C(=O)NCCCCO. The van der Waals surface area contributed by atoms with E-state index in [1.807, 2.05) is 0 Å². The van der Waals surface area contributed by atoms with Crippen molar-refractivity contribution in [3.63, 3.8) is 0 Å². The van der Waals surface area contributed by atoms with Gasteiger partial charge in [-0.2, -0.15) is 0 Å². The molecule has 2 N–H and O–H groups in total. The van der Waals surface area contributed by atoms with Crippen LogP contribution in [0.1, 0.15) is 19.8 Å². The number of nitrogens with one attached hydrogen (secondary N) is 1. The Bertz CT molecular complexity index is 117. The fourth-order valence-corrected chi connectivity index (χ4v) is 0.666. The maximum atomic E-state index is 10.8. The number of hydrogen-bond acceptors (Lipinski definition) is 2. The number of unbranched alkanes of at least 4 members (excludes halogenated alkanes) is 1. The van der Waals surface area contributed by atoms with Gasteiger partial charge < -0.3 is 10.4 Å². The normalized spacial score (nSPS) is 12.6. The Labute approximate surface area is 71.7 Å². The molecule has 0 rings (SSSR count). The molecular formula is C7H14ClNO2. The molecule has 66 valence electrons. The molecular weight excluding hydrogens is 166 g/mol. The van der Waals surface area contributed by atoms with Crippen molar-refractivity contribution < 1.29 is 9.90 Å². The molecule has 0 radical (unpaired) electrons. The highest BCUT2D eigenvalue weighted by Gasteiger charge is 2.06. The molecule has 11 heavy (non-hydrogen) atoms. The fraction of sp³-hybridized carbons (Fsp3) is 0.857. The first-order valence-corrected chi connectivity index (χ1v) is 4.14. The van der Waals surface area contributed by atoms with Crippen LogP contribution >= 0.6 is 11.6 Å². The number of aliphatic hydroxyl groups excluding tert-OH is 1. The highest BCUT2D eigenvalue weighted by Crippen LogP contribution is 1.92. The number of halogens is 1. The van der Waals surface area contributed by atoms with E-state index in [4.69, 9.17) is 16.7 Å². The van der Waals surface area contributed by atoms with Gasteiger partial charge >= 0.3 is 0 Å². The molecule has 0 aromatic heterocycles. The van der Waals surface area contributed by atoms with E-state index in [0.29, 0.717) is 6.54 Å². The minimum absolute atomic E-state index is 0.149. The van der Waals surface area contributed by atoms with E-state index in [-0.39, 0.29) is 12.5 Å². The molecule has 0 saturated carbocycles. The highest BCUT2D eigenvalue weighted by molar-refractivity contribution is 6.30. The third kappa shape index (κ3) is 6.13. The van der Waals surface area contributed by atoms with E-state index in [0.717, 1.165) is 12.8 Å². The number of alkyl halides is 1. The van der Waals surface area contributed by atoms with Gasteiger partial charge in [0.05, 0.1) is 0 Å². The zero-order valence-electron chi connectivity index (χ0n) is 6.64. The van der Waals surface area contributed by atoms with Gasteiger partial charge in [0.25, 0.3) is 0 Å². The van der Waals surface area contributed by atoms with Gasteiger partial charge in [0, 0.05) is 13.2 Å². The minimum Gasteiger partial charge on any atom is -0.396 e. The second-order valence-electron chi connectivity index (χ2n) is 2.34. The average Bonchev–Trinajstić information content (AvgIpc) is 1.97. The maximum absolute atomic E-state index is 10.8. The van der Waals surface area contributed by atoms with Crippen molar-refractivity contribution in [3.05, 3.63) is 0 Å². The summed E-state index contributed by atoms with van der Waals surface area (Å²) in [5.74, 6) is -0.149. The standard InChI is InChI=1S/C7H14ClNO2/c1-6(8)7(11)9-4-2-3-5-10/h6,10H,2-5H2,1H3,(H,9,11). The van der Waals surface area contributed by atoms with Crippen molar-refractivity contribution in [3.8, 4) is 0 Å². The van der Waals surface area contributed by atoms with Crippen molar-refractivity contribution in [2.75, 3.05) is 13.2 Å². The third-order valence-electron chi connectivity index (χ3n) is 1.25. The second-order valence-corrected chi connectivity index (χ2v) is 2.99. The Morgan fingerprint density at radius 3 is 2.73 bits per heavy atom. The van der Waals surface area contributed by atoms with Crippen molar-refractivity contribution in [1.82, 2.24) is 5.32 Å². The van der Waals surface area contributed by atoms with Crippen molar-refractivity contribution in [2.45, 2.75) is 25.1 Å². The molecule has 0 aromatic carbocycles. The van der Waals surface area contributed by atoms with Gasteiger partial charge in [-0.3, -0.25) is 4.79 Å². The van der Waals surface area contributed by atoms with Crippen molar-refractivity contribution in [2.24, 2.45) is 0 Å². The van der Waals surface area contributed by atoms with E-state index in [1.165, 1.54) is 0 Å². The topological polar surface area (TPSA) is 49.3 Å². The Balaban J connectivity index is 3.18. The summed E-state index contributed by atoms with van der Waals surface area (Å²) < 4.78 is 0. The molecule has 1 atom stereocenters. The minimum atomic E-state index is -0.468. The summed E-state index contributed by atoms with van der Waals surface area (Å²) >= 11 is 5.48. The first-order chi connectivity index (χ1) is 5.18. The number of aliphatic hydroxyl groups is 1. The lowest BCUT2D eigenvalue weighted by Crippen LogP contribution is -2.30. The van der Waals surface area contributed by atoms with E-state index >= 15 is 0 Å². The zero-order valence-corrected chi connectivity index (χ0v) is 7.40. The lowest BCUT2D eigenvalue weighted by atomic mass is 10.3. The molecule has 0 fully saturated rings. The number of carbonyl (C=O) groups excluding carboxylic acids is 1. The van der Waals surface area contributed by atoms with Crippen LogP contribution in [0.3, 0.4) is 0 Å². The van der Waals surface area contributed by atoms with Gasteiger partial charge in [-0.25, -0.2) is 0 Å². The van der Waals surface area contributed by atoms with Crippen molar-refractivity contribution in [1.29, 1.82) is 0 Å². The van der Waals surface area contributed by atoms with Gasteiger partial charge in [0.1, 0.15) is 5.38 Å². The third-order valence-corrected chi connectivity index (χ3v) is 1.44. The predicted molar refractivity (Wildman–Crippen MR) is 44.6 cm³/mol. The number of amides is 1. The van der Waals surface area contributed by atoms with Gasteiger partial charge in [-0.15, -0.1) is 11.6 Å². The Morgan fingerprint density at radius 2 is 2.27 bits per heavy atom. The van der Waals surface area contributed by atoms with Gasteiger partial charge in [-0.05, 0) is 19.8 Å². The summed E-state index contributed by atoms with van der Waals surface area (Å²) in [7, 11) is 0. The smallest absolute Gasteiger partial charge is 0.237 e. The molecule has 0 saturated heterocycles. The fourth-order valence-electron chi connectivity index (χ4n) is 0.589. The van der Waals surface area contributed by atoms with Crippen LogP contribution in [0.5, 0.6) is 0 Å². The molecule has 0 aliphatic rings. The first kappa shape index (κ1) is 10.7. The van der Waals surface area contributed by atoms with Crippen LogP contribution < -0.4 is 5.32 Å². The van der Waals surface area contributed by atoms with Crippen LogP contribution in [0.15, 0.2) is 0 Å². The van der Waals surface area contributed by atoms with E-state index < -0.39 is 5.38 Å². The van der Waals surface area contributed by atoms with E-state index in [2.05, 4.69) is 5.32 Å². The second kappa shape index (κ2) is 6.43. The molecule has 0 aromatic rings. The van der Waals surface area contributed by atoms with Crippen LogP contribution in [-0.4, -0.2) is 29.5 Å². The number of rotatable bonds is 5. The molecule has 0 bridgehead atoms. The van der Waals surface area contributed by atoms with Gasteiger partial charge in [0.2, 0.25) is 5.91 Å². The number of hydrogen-bond donors (Lipinski definition) is 2. The summed E-state index contributed by atoms with van der Waals surface area (Å²) in [4.78, 5) is 10.8. The van der Waals surface area contributed by atoms with Gasteiger partial charge in [-0.1, -0.05) is 0 Å². The maximum Gasteiger partial charge on any atom is 0.237 e. The Hall–Kier alpha value is -0.280. The molecule has 0 heterocycles. The molecule has 0 spiro atoms.